The summed E-state index contributed by atoms with van der Waals surface area (Å²) in [5.74, 6) is 0. The molecule has 8 aromatic carbocycles. The van der Waals surface area contributed by atoms with Crippen LogP contribution in [0.25, 0.3) is 55.3 Å². The largest absolute Gasteiger partial charge is 0.310 e. The van der Waals surface area contributed by atoms with Crippen molar-refractivity contribution in [3.8, 4) is 44.5 Å². The molecule has 0 atom stereocenters. The number of hydrogen-bond acceptors (Lipinski definition) is 1. The normalized spacial score (nSPS) is 14.3. The van der Waals surface area contributed by atoms with Crippen LogP contribution in [0.5, 0.6) is 0 Å². The van der Waals surface area contributed by atoms with E-state index in [4.69, 9.17) is 0 Å². The van der Waals surface area contributed by atoms with E-state index in [0.29, 0.717) is 0 Å². The second kappa shape index (κ2) is 11.9. The van der Waals surface area contributed by atoms with Crippen LogP contribution in [-0.4, -0.2) is 16.1 Å². The van der Waals surface area contributed by atoms with E-state index in [1.54, 1.807) is 0 Å². The molecule has 0 aromatic heterocycles. The Labute approximate surface area is 314 Å². The smallest absolute Gasteiger partial charge is 0.113 e. The van der Waals surface area contributed by atoms with Crippen molar-refractivity contribution in [2.45, 2.75) is 26.2 Å². The van der Waals surface area contributed by atoms with Crippen LogP contribution in [0.1, 0.15) is 0 Å². The predicted octanol–water partition coefficient (Wildman–Crippen LogP) is 11.2. The minimum absolute atomic E-state index is 1.18. The minimum atomic E-state index is -2.06. The van der Waals surface area contributed by atoms with Gasteiger partial charge in [0.15, 0.2) is 0 Å². The summed E-state index contributed by atoms with van der Waals surface area (Å²) in [5.41, 5.74) is 14.3. The molecule has 10 rings (SSSR count). The number of rotatable bonds is 5. The summed E-state index contributed by atoms with van der Waals surface area (Å²) in [7, 11) is -3.94. The Morgan fingerprint density at radius 2 is 0.925 bits per heavy atom. The summed E-state index contributed by atoms with van der Waals surface area (Å²) in [4.78, 5) is 2.55. The average Bonchev–Trinajstić information content (AvgIpc) is 3.57. The van der Waals surface area contributed by atoms with E-state index in [1.807, 2.05) is 0 Å². The summed E-state index contributed by atoms with van der Waals surface area (Å²) in [6.07, 6.45) is 0. The van der Waals surface area contributed by atoms with Crippen molar-refractivity contribution in [2.75, 3.05) is 4.90 Å². The molecule has 0 radical (unpaired) electrons. The first-order valence-corrected chi connectivity index (χ1v) is 24.8. The molecule has 3 heteroatoms. The van der Waals surface area contributed by atoms with Crippen molar-refractivity contribution in [2.24, 2.45) is 0 Å². The van der Waals surface area contributed by atoms with Gasteiger partial charge in [-0.15, -0.1) is 0 Å². The van der Waals surface area contributed by atoms with Crippen LogP contribution in [0, 0.1) is 0 Å². The second-order valence-electron chi connectivity index (χ2n) is 15.8. The van der Waals surface area contributed by atoms with Gasteiger partial charge in [0.1, 0.15) is 16.1 Å². The Morgan fingerprint density at radius 3 is 1.77 bits per heavy atom. The first kappa shape index (κ1) is 31.9. The summed E-state index contributed by atoms with van der Waals surface area (Å²) in [5, 5.41) is 8.64. The van der Waals surface area contributed by atoms with Gasteiger partial charge in [-0.1, -0.05) is 166 Å². The summed E-state index contributed by atoms with van der Waals surface area (Å²) < 4.78 is 0. The van der Waals surface area contributed by atoms with Crippen LogP contribution in [-0.2, 0) is 0 Å². The highest BCUT2D eigenvalue weighted by Gasteiger charge is 2.41. The Bertz CT molecular complexity index is 2740. The molecule has 53 heavy (non-hydrogen) atoms. The van der Waals surface area contributed by atoms with Crippen LogP contribution in [0.15, 0.2) is 176 Å². The standard InChI is InChI=1S/C50H41NSi2/c1-52(2)46-22-11-10-20-44(46)50-45(21-13-23-47(50)52)51(40-19-12-18-37(31-40)34-14-6-5-7-15-34)41-27-29-43-42-28-26-39(32-48(42)53(3,4)49(43)33-41)38-25-24-35-16-8-9-17-36(35)30-38/h5-33H,1-4H3. The molecule has 1 nitrogen and oxygen atoms in total. The molecule has 2 heterocycles. The van der Waals surface area contributed by atoms with Gasteiger partial charge in [-0.2, -0.15) is 0 Å². The first-order chi connectivity index (χ1) is 25.8. The summed E-state index contributed by atoms with van der Waals surface area (Å²) in [6.45, 7) is 10.1. The molecule has 0 unspecified atom stereocenters. The fourth-order valence-electron chi connectivity index (χ4n) is 9.22. The Morgan fingerprint density at radius 1 is 0.340 bits per heavy atom. The lowest BCUT2D eigenvalue weighted by Crippen LogP contribution is -2.49. The highest BCUT2D eigenvalue weighted by Crippen LogP contribution is 2.44. The lowest BCUT2D eigenvalue weighted by atomic mass is 9.98. The molecule has 0 amide bonds. The minimum Gasteiger partial charge on any atom is -0.310 e. The van der Waals surface area contributed by atoms with Crippen molar-refractivity contribution in [3.05, 3.63) is 176 Å². The van der Waals surface area contributed by atoms with Crippen molar-refractivity contribution < 1.29 is 0 Å². The second-order valence-corrected chi connectivity index (χ2v) is 24.5. The number of nitrogens with zero attached hydrogens (tertiary/aromatic N) is 1. The van der Waals surface area contributed by atoms with Gasteiger partial charge in [-0.25, -0.2) is 0 Å². The molecular formula is C50H41NSi2. The van der Waals surface area contributed by atoms with Crippen LogP contribution >= 0.6 is 0 Å². The average molecular weight is 712 g/mol. The van der Waals surface area contributed by atoms with Crippen LogP contribution in [0.4, 0.5) is 17.1 Å². The van der Waals surface area contributed by atoms with Crippen LogP contribution in [0.3, 0.4) is 0 Å². The molecule has 0 N–H and O–H groups in total. The maximum atomic E-state index is 2.55. The fraction of sp³-hybridized carbons (Fsp3) is 0.0800. The molecule has 0 aliphatic carbocycles. The maximum absolute atomic E-state index is 2.55. The van der Waals surface area contributed by atoms with E-state index in [2.05, 4.69) is 207 Å². The van der Waals surface area contributed by atoms with Gasteiger partial charge in [0, 0.05) is 16.9 Å². The van der Waals surface area contributed by atoms with E-state index in [-0.39, 0.29) is 0 Å². The molecule has 2 aliphatic heterocycles. The molecule has 2 aliphatic rings. The lowest BCUT2D eigenvalue weighted by molar-refractivity contribution is 1.29. The van der Waals surface area contributed by atoms with Gasteiger partial charge in [-0.3, -0.25) is 0 Å². The molecular weight excluding hydrogens is 671 g/mol. The number of fused-ring (bicyclic) bond motifs is 7. The van der Waals surface area contributed by atoms with Crippen molar-refractivity contribution >= 4 is 64.7 Å². The van der Waals surface area contributed by atoms with E-state index >= 15 is 0 Å². The van der Waals surface area contributed by atoms with Crippen molar-refractivity contribution in [1.29, 1.82) is 0 Å². The van der Waals surface area contributed by atoms with Gasteiger partial charge in [-0.05, 0) is 107 Å². The Hall–Kier alpha value is -5.75. The molecule has 0 saturated carbocycles. The number of hydrogen-bond donors (Lipinski definition) is 0. The van der Waals surface area contributed by atoms with Crippen molar-refractivity contribution in [1.82, 2.24) is 0 Å². The van der Waals surface area contributed by atoms with E-state index in [9.17, 15) is 0 Å². The summed E-state index contributed by atoms with van der Waals surface area (Å²) in [6, 6.07) is 66.1. The highest BCUT2D eigenvalue weighted by atomic mass is 28.3. The van der Waals surface area contributed by atoms with E-state index in [0.717, 1.165) is 0 Å². The van der Waals surface area contributed by atoms with Crippen LogP contribution in [0.2, 0.25) is 26.2 Å². The van der Waals surface area contributed by atoms with Gasteiger partial charge >= 0.3 is 0 Å². The first-order valence-electron chi connectivity index (χ1n) is 18.8. The lowest BCUT2D eigenvalue weighted by Gasteiger charge is -2.30. The third-order valence-electron chi connectivity index (χ3n) is 12.0. The molecule has 8 aromatic rings. The van der Waals surface area contributed by atoms with Gasteiger partial charge in [0.05, 0.1) is 5.69 Å². The monoisotopic (exact) mass is 711 g/mol. The predicted molar refractivity (Wildman–Crippen MR) is 234 cm³/mol. The zero-order chi connectivity index (χ0) is 35.9. The highest BCUT2D eigenvalue weighted by molar-refractivity contribution is 7.04. The van der Waals surface area contributed by atoms with Crippen molar-refractivity contribution in [3.63, 3.8) is 0 Å². The fourth-order valence-corrected chi connectivity index (χ4v) is 15.4. The SMILES string of the molecule is C[Si]1(C)c2cc(-c3ccc4ccccc4c3)ccc2-c2ccc(N(c3cccc(-c4ccccc4)c3)c3cccc4c3-c3ccccc3[Si]4(C)C)cc21. The molecule has 0 bridgehead atoms. The van der Waals surface area contributed by atoms with E-state index < -0.39 is 16.1 Å². The molecule has 0 fully saturated rings. The topological polar surface area (TPSA) is 3.24 Å². The van der Waals surface area contributed by atoms with Crippen LogP contribution < -0.4 is 25.6 Å². The molecule has 0 saturated heterocycles. The zero-order valence-corrected chi connectivity index (χ0v) is 32.7. The third-order valence-corrected chi connectivity index (χ3v) is 19.1. The number of anilines is 3. The maximum Gasteiger partial charge on any atom is 0.113 e. The quantitative estimate of drug-likeness (QED) is 0.161. The van der Waals surface area contributed by atoms with Gasteiger partial charge < -0.3 is 4.90 Å². The Kier molecular flexibility index (Phi) is 7.17. The molecule has 0 spiro atoms. The van der Waals surface area contributed by atoms with Gasteiger partial charge in [0.2, 0.25) is 0 Å². The zero-order valence-electron chi connectivity index (χ0n) is 30.7. The van der Waals surface area contributed by atoms with Gasteiger partial charge in [0.25, 0.3) is 0 Å². The molecule has 254 valence electrons. The third kappa shape index (κ3) is 4.95. The Balaban J connectivity index is 1.14. The van der Waals surface area contributed by atoms with E-state index in [1.165, 1.54) is 93.1 Å². The summed E-state index contributed by atoms with van der Waals surface area (Å²) >= 11 is 0. The number of benzene rings is 8.